The summed E-state index contributed by atoms with van der Waals surface area (Å²) in [5.74, 6) is -0.540. The highest BCUT2D eigenvalue weighted by atomic mass is 19.1. The molecule has 1 saturated heterocycles. The van der Waals surface area contributed by atoms with Gasteiger partial charge >= 0.3 is 0 Å². The second-order valence-electron chi connectivity index (χ2n) is 8.06. The zero-order valence-electron chi connectivity index (χ0n) is 17.6. The van der Waals surface area contributed by atoms with Gasteiger partial charge in [0.15, 0.2) is 0 Å². The first kappa shape index (κ1) is 21.1. The van der Waals surface area contributed by atoms with Gasteiger partial charge in [-0.2, -0.15) is 0 Å². The van der Waals surface area contributed by atoms with Gasteiger partial charge in [0.05, 0.1) is 5.41 Å². The van der Waals surface area contributed by atoms with E-state index in [-0.39, 0.29) is 11.7 Å². The van der Waals surface area contributed by atoms with E-state index in [1.165, 1.54) is 12.1 Å². The Balaban J connectivity index is 1.50. The third-order valence-electron chi connectivity index (χ3n) is 6.32. The van der Waals surface area contributed by atoms with E-state index in [9.17, 15) is 9.18 Å². The average Bonchev–Trinajstić information content (AvgIpc) is 2.82. The maximum Gasteiger partial charge on any atom is 0.232 e. The molecule has 0 atom stereocenters. The summed E-state index contributed by atoms with van der Waals surface area (Å²) < 4.78 is 13.2. The zero-order valence-corrected chi connectivity index (χ0v) is 17.6. The van der Waals surface area contributed by atoms with E-state index in [4.69, 9.17) is 5.73 Å². The smallest absolute Gasteiger partial charge is 0.232 e. The predicted octanol–water partition coefficient (Wildman–Crippen LogP) is 3.81. The van der Waals surface area contributed by atoms with E-state index in [0.717, 1.165) is 49.5 Å². The summed E-state index contributed by atoms with van der Waals surface area (Å²) >= 11 is 0. The molecule has 5 heteroatoms. The van der Waals surface area contributed by atoms with Gasteiger partial charge in [0.25, 0.3) is 0 Å². The number of amides is 1. The Labute approximate surface area is 183 Å². The van der Waals surface area contributed by atoms with Gasteiger partial charge in [-0.1, -0.05) is 60.7 Å². The van der Waals surface area contributed by atoms with Crippen molar-refractivity contribution in [1.82, 2.24) is 4.90 Å². The molecule has 0 radical (unpaired) electrons. The van der Waals surface area contributed by atoms with E-state index < -0.39 is 5.41 Å². The average molecular weight is 418 g/mol. The van der Waals surface area contributed by atoms with Crippen LogP contribution < -0.4 is 10.6 Å². The molecule has 160 valence electrons. The predicted molar refractivity (Wildman–Crippen MR) is 123 cm³/mol. The number of rotatable bonds is 7. The minimum absolute atomic E-state index is 0.216. The minimum Gasteiger partial charge on any atom is -0.369 e. The van der Waals surface area contributed by atoms with Crippen molar-refractivity contribution in [3.8, 4) is 0 Å². The quantitative estimate of drug-likeness (QED) is 0.636. The highest BCUT2D eigenvalue weighted by Crippen LogP contribution is 2.36. The summed E-state index contributed by atoms with van der Waals surface area (Å²) in [7, 11) is 0. The Morgan fingerprint density at radius 3 is 1.81 bits per heavy atom. The molecule has 0 saturated carbocycles. The van der Waals surface area contributed by atoms with Crippen LogP contribution in [0, 0.1) is 5.82 Å². The first-order valence-corrected chi connectivity index (χ1v) is 10.7. The molecule has 31 heavy (non-hydrogen) atoms. The van der Waals surface area contributed by atoms with Crippen LogP contribution in [0.1, 0.15) is 17.5 Å². The van der Waals surface area contributed by atoms with E-state index in [0.29, 0.717) is 6.42 Å². The fourth-order valence-corrected chi connectivity index (χ4v) is 4.52. The Bertz CT molecular complexity index is 945. The van der Waals surface area contributed by atoms with Crippen molar-refractivity contribution in [2.75, 3.05) is 37.6 Å². The van der Waals surface area contributed by atoms with Crippen LogP contribution in [0.25, 0.3) is 0 Å². The van der Waals surface area contributed by atoms with Crippen LogP contribution in [0.4, 0.5) is 10.1 Å². The molecule has 1 aliphatic heterocycles. The zero-order chi connectivity index (χ0) is 21.7. The molecular formula is C26H28FN3O. The number of anilines is 1. The van der Waals surface area contributed by atoms with Gasteiger partial charge in [0.1, 0.15) is 5.82 Å². The highest BCUT2D eigenvalue weighted by Gasteiger charge is 2.40. The number of hydrogen-bond donors (Lipinski definition) is 1. The van der Waals surface area contributed by atoms with Crippen LogP contribution in [0.15, 0.2) is 84.9 Å². The lowest BCUT2D eigenvalue weighted by atomic mass is 9.71. The van der Waals surface area contributed by atoms with Gasteiger partial charge in [-0.3, -0.25) is 9.69 Å². The van der Waals surface area contributed by atoms with E-state index in [1.807, 2.05) is 72.8 Å². The second kappa shape index (κ2) is 9.31. The number of piperazine rings is 1. The van der Waals surface area contributed by atoms with Crippen molar-refractivity contribution in [3.05, 3.63) is 102 Å². The first-order chi connectivity index (χ1) is 15.1. The number of nitrogens with zero attached hydrogens (tertiary/aromatic N) is 2. The number of carbonyl (C=O) groups is 1. The number of nitrogens with two attached hydrogens (primary N) is 1. The Morgan fingerprint density at radius 1 is 0.806 bits per heavy atom. The summed E-state index contributed by atoms with van der Waals surface area (Å²) in [5.41, 5.74) is 8.10. The third kappa shape index (κ3) is 4.47. The lowest BCUT2D eigenvalue weighted by Gasteiger charge is -2.39. The number of benzene rings is 3. The summed E-state index contributed by atoms with van der Waals surface area (Å²) in [6.07, 6.45) is 0.618. The lowest BCUT2D eigenvalue weighted by molar-refractivity contribution is -0.122. The maximum absolute atomic E-state index is 13.2. The van der Waals surface area contributed by atoms with Gasteiger partial charge in [-0.25, -0.2) is 4.39 Å². The minimum atomic E-state index is -0.864. The molecule has 1 amide bonds. The molecular weight excluding hydrogens is 389 g/mol. The van der Waals surface area contributed by atoms with Gasteiger partial charge in [0.2, 0.25) is 5.91 Å². The fourth-order valence-electron chi connectivity index (χ4n) is 4.52. The van der Waals surface area contributed by atoms with Crippen LogP contribution in [0.2, 0.25) is 0 Å². The van der Waals surface area contributed by atoms with Gasteiger partial charge in [-0.15, -0.1) is 0 Å². The Hall–Kier alpha value is -3.18. The molecule has 3 aromatic carbocycles. The molecule has 0 spiro atoms. The largest absolute Gasteiger partial charge is 0.369 e. The second-order valence-corrected chi connectivity index (χ2v) is 8.06. The Morgan fingerprint density at radius 2 is 1.32 bits per heavy atom. The summed E-state index contributed by atoms with van der Waals surface area (Å²) in [6.45, 7) is 4.27. The first-order valence-electron chi connectivity index (χ1n) is 10.7. The topological polar surface area (TPSA) is 49.6 Å². The van der Waals surface area contributed by atoms with E-state index in [2.05, 4.69) is 9.80 Å². The molecule has 0 unspecified atom stereocenters. The summed E-state index contributed by atoms with van der Waals surface area (Å²) in [4.78, 5) is 17.6. The van der Waals surface area contributed by atoms with Crippen molar-refractivity contribution in [2.45, 2.75) is 11.8 Å². The molecule has 0 bridgehead atoms. The lowest BCUT2D eigenvalue weighted by Crippen LogP contribution is -2.49. The van der Waals surface area contributed by atoms with Crippen molar-refractivity contribution in [3.63, 3.8) is 0 Å². The van der Waals surface area contributed by atoms with Crippen LogP contribution in [0.5, 0.6) is 0 Å². The van der Waals surface area contributed by atoms with Crippen molar-refractivity contribution in [2.24, 2.45) is 5.73 Å². The third-order valence-corrected chi connectivity index (χ3v) is 6.32. The molecule has 1 fully saturated rings. The summed E-state index contributed by atoms with van der Waals surface area (Å²) in [5, 5.41) is 0. The molecule has 1 aliphatic rings. The van der Waals surface area contributed by atoms with Crippen LogP contribution in [0.3, 0.4) is 0 Å². The molecule has 0 aliphatic carbocycles. The van der Waals surface area contributed by atoms with Crippen molar-refractivity contribution in [1.29, 1.82) is 0 Å². The number of carbonyl (C=O) groups excluding carboxylic acids is 1. The fraction of sp³-hybridized carbons (Fsp3) is 0.269. The van der Waals surface area contributed by atoms with Crippen LogP contribution >= 0.6 is 0 Å². The van der Waals surface area contributed by atoms with E-state index in [1.54, 1.807) is 0 Å². The molecule has 1 heterocycles. The van der Waals surface area contributed by atoms with Crippen LogP contribution in [-0.2, 0) is 10.2 Å². The van der Waals surface area contributed by atoms with Crippen molar-refractivity contribution < 1.29 is 9.18 Å². The molecule has 2 N–H and O–H groups in total. The van der Waals surface area contributed by atoms with Gasteiger partial charge in [-0.05, 0) is 48.4 Å². The maximum atomic E-state index is 13.2. The molecule has 0 aromatic heterocycles. The SMILES string of the molecule is NC(=O)C(CCN1CCN(c2ccc(F)cc2)CC1)(c1ccccc1)c1ccccc1. The standard InChI is InChI=1S/C26H28FN3O/c27-23-11-13-24(14-12-23)30-19-17-29(18-20-30)16-15-26(25(28)31,21-7-3-1-4-8-21)22-9-5-2-6-10-22/h1-14H,15-20H2,(H2,28,31). The number of halogens is 1. The normalized spacial score (nSPS) is 15.1. The molecule has 4 nitrogen and oxygen atoms in total. The van der Waals surface area contributed by atoms with E-state index >= 15 is 0 Å². The molecule has 3 aromatic rings. The Kier molecular flexibility index (Phi) is 6.33. The van der Waals surface area contributed by atoms with Crippen LogP contribution in [-0.4, -0.2) is 43.5 Å². The monoisotopic (exact) mass is 417 g/mol. The highest BCUT2D eigenvalue weighted by molar-refractivity contribution is 5.90. The van der Waals surface area contributed by atoms with Crippen molar-refractivity contribution >= 4 is 11.6 Å². The summed E-state index contributed by atoms with van der Waals surface area (Å²) in [6, 6.07) is 26.4. The van der Waals surface area contributed by atoms with Gasteiger partial charge < -0.3 is 10.6 Å². The molecule has 4 rings (SSSR count). The van der Waals surface area contributed by atoms with Gasteiger partial charge in [0, 0.05) is 31.9 Å². The number of primary amides is 1. The number of hydrogen-bond acceptors (Lipinski definition) is 3.